The van der Waals surface area contributed by atoms with Crippen LogP contribution in [0.15, 0.2) is 47.5 Å². The maximum absolute atomic E-state index is 11.6. The van der Waals surface area contributed by atoms with Crippen LogP contribution in [0.2, 0.25) is 0 Å². The normalized spacial score (nSPS) is 11.1. The number of hydrogen-bond acceptors (Lipinski definition) is 5. The number of rotatable bonds is 2. The highest BCUT2D eigenvalue weighted by molar-refractivity contribution is 5.81. The van der Waals surface area contributed by atoms with Crippen molar-refractivity contribution in [3.63, 3.8) is 0 Å². The zero-order valence-electron chi connectivity index (χ0n) is 13.8. The molecule has 0 bridgehead atoms. The molecule has 7 nitrogen and oxygen atoms in total. The third-order valence-electron chi connectivity index (χ3n) is 4.04. The van der Waals surface area contributed by atoms with Crippen LogP contribution >= 0.6 is 0 Å². The lowest BCUT2D eigenvalue weighted by molar-refractivity contribution is 0.861. The van der Waals surface area contributed by atoms with Gasteiger partial charge in [0.15, 0.2) is 11.6 Å². The molecule has 0 atom stereocenters. The summed E-state index contributed by atoms with van der Waals surface area (Å²) in [5.41, 5.74) is 10.7. The third kappa shape index (κ3) is 2.65. The lowest BCUT2D eigenvalue weighted by Gasteiger charge is -2.06. The monoisotopic (exact) mass is 332 g/mol. The fourth-order valence-corrected chi connectivity index (χ4v) is 2.69. The molecule has 0 spiro atoms. The summed E-state index contributed by atoms with van der Waals surface area (Å²) in [4.78, 5) is 28.2. The molecular weight excluding hydrogens is 316 g/mol. The van der Waals surface area contributed by atoms with E-state index in [1.807, 2.05) is 25.1 Å². The van der Waals surface area contributed by atoms with Crippen LogP contribution < -0.4 is 11.3 Å². The average molecular weight is 332 g/mol. The number of hydrogen-bond donors (Lipinski definition) is 2. The van der Waals surface area contributed by atoms with E-state index < -0.39 is 0 Å². The second-order valence-corrected chi connectivity index (χ2v) is 5.96. The highest BCUT2D eigenvalue weighted by Crippen LogP contribution is 2.25. The van der Waals surface area contributed by atoms with Gasteiger partial charge in [0.05, 0.1) is 22.9 Å². The molecule has 0 saturated carbocycles. The Balaban J connectivity index is 1.86. The maximum atomic E-state index is 11.6. The molecule has 3 heterocycles. The number of aryl methyl sites for hydroxylation is 2. The first-order chi connectivity index (χ1) is 12.0. The summed E-state index contributed by atoms with van der Waals surface area (Å²) >= 11 is 0. The third-order valence-corrected chi connectivity index (χ3v) is 4.04. The number of H-pyrrole nitrogens is 1. The van der Waals surface area contributed by atoms with Crippen LogP contribution in [-0.4, -0.2) is 24.5 Å². The van der Waals surface area contributed by atoms with Crippen LogP contribution in [0.1, 0.15) is 5.56 Å². The van der Waals surface area contributed by atoms with Gasteiger partial charge in [0.2, 0.25) is 5.56 Å². The summed E-state index contributed by atoms with van der Waals surface area (Å²) in [6.45, 7) is 2.02. The molecule has 0 fully saturated rings. The van der Waals surface area contributed by atoms with Crippen molar-refractivity contribution >= 4 is 16.9 Å². The Kier molecular flexibility index (Phi) is 3.35. The van der Waals surface area contributed by atoms with Gasteiger partial charge in [-0.05, 0) is 30.7 Å². The van der Waals surface area contributed by atoms with Crippen LogP contribution in [-0.2, 0) is 7.05 Å². The highest BCUT2D eigenvalue weighted by Gasteiger charge is 2.13. The van der Waals surface area contributed by atoms with Crippen molar-refractivity contribution in [1.82, 2.24) is 24.5 Å². The van der Waals surface area contributed by atoms with Gasteiger partial charge in [0.25, 0.3) is 0 Å². The SMILES string of the molecule is Cc1ccc2nc(-c3nc(-c4ccc(=O)n(C)c4)cnc3N)[nH]c2c1. The molecule has 3 aromatic heterocycles. The largest absolute Gasteiger partial charge is 0.382 e. The number of nitrogens with one attached hydrogen (secondary N) is 1. The predicted octanol–water partition coefficient (Wildman–Crippen LogP) is 2.28. The quantitative estimate of drug-likeness (QED) is 0.586. The van der Waals surface area contributed by atoms with Crippen molar-refractivity contribution in [1.29, 1.82) is 0 Å². The number of imidazole rings is 1. The fraction of sp³-hybridized carbons (Fsp3) is 0.111. The minimum absolute atomic E-state index is 0.0833. The first kappa shape index (κ1) is 15.1. The van der Waals surface area contributed by atoms with Crippen LogP contribution in [0.25, 0.3) is 33.8 Å². The van der Waals surface area contributed by atoms with E-state index in [1.165, 1.54) is 10.6 Å². The Bertz CT molecular complexity index is 1160. The standard InChI is InChI=1S/C18H16N6O/c1-10-3-5-12-13(7-10)23-18(22-12)16-17(19)20-8-14(21-16)11-4-6-15(25)24(2)9-11/h3-9H,1-2H3,(H2,19,20)(H,22,23). The number of aromatic amines is 1. The zero-order valence-corrected chi connectivity index (χ0v) is 13.8. The van der Waals surface area contributed by atoms with Crippen molar-refractivity contribution in [3.05, 3.63) is 58.6 Å². The molecular formula is C18H16N6O. The molecule has 0 aliphatic rings. The van der Waals surface area contributed by atoms with E-state index in [1.54, 1.807) is 25.5 Å². The second kappa shape index (κ2) is 5.55. The maximum Gasteiger partial charge on any atom is 0.250 e. The topological polar surface area (TPSA) is 102 Å². The van der Waals surface area contributed by atoms with Crippen LogP contribution in [0, 0.1) is 6.92 Å². The molecule has 0 saturated heterocycles. The molecule has 124 valence electrons. The van der Waals surface area contributed by atoms with Gasteiger partial charge in [0.1, 0.15) is 5.69 Å². The Morgan fingerprint density at radius 1 is 1.16 bits per heavy atom. The number of pyridine rings is 1. The number of nitrogen functional groups attached to an aromatic ring is 1. The molecule has 0 aliphatic carbocycles. The Hall–Kier alpha value is -3.48. The summed E-state index contributed by atoms with van der Waals surface area (Å²) in [5, 5.41) is 0. The van der Waals surface area contributed by atoms with Crippen molar-refractivity contribution in [2.24, 2.45) is 7.05 Å². The molecule has 0 amide bonds. The van der Waals surface area contributed by atoms with Crippen molar-refractivity contribution in [2.45, 2.75) is 6.92 Å². The summed E-state index contributed by atoms with van der Waals surface area (Å²) in [6.07, 6.45) is 3.31. The Morgan fingerprint density at radius 3 is 2.80 bits per heavy atom. The molecule has 0 radical (unpaired) electrons. The summed E-state index contributed by atoms with van der Waals surface area (Å²) < 4.78 is 1.50. The smallest absolute Gasteiger partial charge is 0.250 e. The number of nitrogens with zero attached hydrogens (tertiary/aromatic N) is 4. The van der Waals surface area contributed by atoms with Gasteiger partial charge in [-0.1, -0.05) is 6.07 Å². The van der Waals surface area contributed by atoms with Crippen LogP contribution in [0.4, 0.5) is 5.82 Å². The molecule has 25 heavy (non-hydrogen) atoms. The van der Waals surface area contributed by atoms with Gasteiger partial charge in [-0.3, -0.25) is 4.79 Å². The molecule has 0 aliphatic heterocycles. The van der Waals surface area contributed by atoms with Gasteiger partial charge < -0.3 is 15.3 Å². The average Bonchev–Trinajstić information content (AvgIpc) is 3.00. The van der Waals surface area contributed by atoms with E-state index in [-0.39, 0.29) is 5.56 Å². The van der Waals surface area contributed by atoms with E-state index in [0.717, 1.165) is 22.2 Å². The van der Waals surface area contributed by atoms with E-state index in [4.69, 9.17) is 5.73 Å². The fourth-order valence-electron chi connectivity index (χ4n) is 2.69. The van der Waals surface area contributed by atoms with E-state index in [2.05, 4.69) is 19.9 Å². The van der Waals surface area contributed by atoms with Gasteiger partial charge in [-0.25, -0.2) is 15.0 Å². The van der Waals surface area contributed by atoms with Crippen molar-refractivity contribution in [2.75, 3.05) is 5.73 Å². The number of fused-ring (bicyclic) bond motifs is 1. The van der Waals surface area contributed by atoms with Crippen molar-refractivity contribution < 1.29 is 0 Å². The highest BCUT2D eigenvalue weighted by atomic mass is 16.1. The first-order valence-electron chi connectivity index (χ1n) is 7.77. The van der Waals surface area contributed by atoms with Gasteiger partial charge >= 0.3 is 0 Å². The summed E-state index contributed by atoms with van der Waals surface area (Å²) in [5.74, 6) is 0.863. The number of benzene rings is 1. The van der Waals surface area contributed by atoms with Crippen molar-refractivity contribution in [3.8, 4) is 22.8 Å². The minimum atomic E-state index is -0.0833. The van der Waals surface area contributed by atoms with Crippen LogP contribution in [0.5, 0.6) is 0 Å². The molecule has 4 aromatic rings. The number of aromatic nitrogens is 5. The van der Waals surface area contributed by atoms with E-state index in [9.17, 15) is 4.79 Å². The molecule has 4 rings (SSSR count). The molecule has 3 N–H and O–H groups in total. The van der Waals surface area contributed by atoms with E-state index >= 15 is 0 Å². The lowest BCUT2D eigenvalue weighted by atomic mass is 10.2. The summed E-state index contributed by atoms with van der Waals surface area (Å²) in [6, 6.07) is 9.19. The van der Waals surface area contributed by atoms with Gasteiger partial charge in [-0.15, -0.1) is 0 Å². The zero-order chi connectivity index (χ0) is 17.6. The predicted molar refractivity (Wildman–Crippen MR) is 96.9 cm³/mol. The molecule has 1 aromatic carbocycles. The number of anilines is 1. The number of nitrogens with two attached hydrogens (primary N) is 1. The van der Waals surface area contributed by atoms with E-state index in [0.29, 0.717) is 23.0 Å². The Morgan fingerprint density at radius 2 is 2.00 bits per heavy atom. The van der Waals surface area contributed by atoms with Crippen LogP contribution in [0.3, 0.4) is 0 Å². The minimum Gasteiger partial charge on any atom is -0.382 e. The first-order valence-corrected chi connectivity index (χ1v) is 7.77. The van der Waals surface area contributed by atoms with Gasteiger partial charge in [0, 0.05) is 24.9 Å². The molecule has 7 heteroatoms. The summed E-state index contributed by atoms with van der Waals surface area (Å²) in [7, 11) is 1.69. The Labute approximate surface area is 143 Å². The molecule has 0 unspecified atom stereocenters. The second-order valence-electron chi connectivity index (χ2n) is 5.96. The lowest BCUT2D eigenvalue weighted by Crippen LogP contribution is -2.14. The van der Waals surface area contributed by atoms with Gasteiger partial charge in [-0.2, -0.15) is 0 Å².